The van der Waals surface area contributed by atoms with Crippen LogP contribution in [0.3, 0.4) is 0 Å². The van der Waals surface area contributed by atoms with Gasteiger partial charge in [-0.25, -0.2) is 13.4 Å². The Morgan fingerprint density at radius 1 is 1.20 bits per heavy atom. The van der Waals surface area contributed by atoms with Crippen LogP contribution >= 0.6 is 0 Å². The van der Waals surface area contributed by atoms with Crippen molar-refractivity contribution in [3.63, 3.8) is 0 Å². The number of amides is 1. The van der Waals surface area contributed by atoms with Gasteiger partial charge in [0.15, 0.2) is 11.6 Å². The number of sulfonamides is 1. The monoisotopic (exact) mass is 433 g/mol. The third kappa shape index (κ3) is 5.35. The number of pyridine rings is 1. The van der Waals surface area contributed by atoms with E-state index in [0.29, 0.717) is 24.1 Å². The van der Waals surface area contributed by atoms with Crippen LogP contribution in [-0.2, 0) is 14.9 Å². The van der Waals surface area contributed by atoms with E-state index in [4.69, 9.17) is 9.57 Å². The van der Waals surface area contributed by atoms with E-state index in [1.54, 1.807) is 18.3 Å². The van der Waals surface area contributed by atoms with Crippen LogP contribution in [0.5, 0.6) is 5.75 Å². The quantitative estimate of drug-likeness (QED) is 0.640. The first-order valence-electron chi connectivity index (χ1n) is 9.94. The van der Waals surface area contributed by atoms with Gasteiger partial charge >= 0.3 is 0 Å². The molecule has 0 aliphatic heterocycles. The van der Waals surface area contributed by atoms with Gasteiger partial charge in [-0.1, -0.05) is 29.8 Å². The summed E-state index contributed by atoms with van der Waals surface area (Å²) in [6.07, 6.45) is 7.60. The molecule has 1 aliphatic rings. The summed E-state index contributed by atoms with van der Waals surface area (Å²) in [6, 6.07) is 9.25. The van der Waals surface area contributed by atoms with E-state index in [9.17, 15) is 13.2 Å². The van der Waals surface area contributed by atoms with Gasteiger partial charge in [0.05, 0.1) is 18.6 Å². The van der Waals surface area contributed by atoms with Crippen LogP contribution in [0.25, 0.3) is 0 Å². The van der Waals surface area contributed by atoms with Gasteiger partial charge in [-0.05, 0) is 49.1 Å². The number of carbonyl (C=O) groups is 1. The first-order chi connectivity index (χ1) is 14.4. The second-order valence-corrected chi connectivity index (χ2v) is 9.18. The molecule has 162 valence electrons. The number of aromatic nitrogens is 1. The normalized spacial score (nSPS) is 15.2. The maximum atomic E-state index is 12.7. The minimum absolute atomic E-state index is 0.0470. The van der Waals surface area contributed by atoms with Crippen molar-refractivity contribution in [2.24, 2.45) is 5.92 Å². The van der Waals surface area contributed by atoms with E-state index in [2.05, 4.69) is 10.3 Å². The highest BCUT2D eigenvalue weighted by atomic mass is 32.2. The first kappa shape index (κ1) is 22.2. The molecular weight excluding hydrogens is 406 g/mol. The first-order valence-corrected chi connectivity index (χ1v) is 11.4. The number of hydrogen-bond acceptors (Lipinski definition) is 6. The van der Waals surface area contributed by atoms with E-state index in [0.717, 1.165) is 17.3 Å². The second-order valence-electron chi connectivity index (χ2n) is 7.24. The molecule has 30 heavy (non-hydrogen) atoms. The molecule has 1 saturated carbocycles. The summed E-state index contributed by atoms with van der Waals surface area (Å²) in [6.45, 7) is 0.589. The molecule has 1 aliphatic carbocycles. The molecule has 1 aromatic carbocycles. The minimum Gasteiger partial charge on any atom is -0.489 e. The number of hydroxylamine groups is 1. The van der Waals surface area contributed by atoms with E-state index in [-0.39, 0.29) is 10.5 Å². The number of ether oxygens (including phenoxy) is 1. The van der Waals surface area contributed by atoms with E-state index in [1.807, 2.05) is 0 Å². The van der Waals surface area contributed by atoms with Crippen LogP contribution in [0.15, 0.2) is 47.5 Å². The summed E-state index contributed by atoms with van der Waals surface area (Å²) in [4.78, 5) is 21.7. The minimum atomic E-state index is -3.86. The molecule has 2 aromatic rings. The highest BCUT2D eigenvalue weighted by Gasteiger charge is 2.22. The fraction of sp³-hybridized carbons (Fsp3) is 0.429. The van der Waals surface area contributed by atoms with Gasteiger partial charge in [-0.2, -0.15) is 0 Å². The standard InChI is InChI=1S/C21H27N3O5S/c1-24(28-2)30(26,27)18-11-6-10-17(14-18)21(25)23-20-19(12-7-13-22-20)29-15-16-8-4-3-5-9-16/h6-7,10-14,16H,3-5,8-9,15H2,1-2H3,(H,22,23,25). The predicted molar refractivity (Wildman–Crippen MR) is 113 cm³/mol. The molecule has 1 N–H and O–H groups in total. The number of rotatable bonds is 8. The van der Waals surface area contributed by atoms with Crippen molar-refractivity contribution in [3.8, 4) is 5.75 Å². The molecule has 1 amide bonds. The summed E-state index contributed by atoms with van der Waals surface area (Å²) in [5.41, 5.74) is 0.185. The highest BCUT2D eigenvalue weighted by Crippen LogP contribution is 2.27. The average Bonchev–Trinajstić information content (AvgIpc) is 2.78. The number of benzene rings is 1. The predicted octanol–water partition coefficient (Wildman–Crippen LogP) is 3.47. The lowest BCUT2D eigenvalue weighted by atomic mass is 9.90. The molecule has 0 saturated heterocycles. The maximum Gasteiger partial charge on any atom is 0.264 e. The van der Waals surface area contributed by atoms with Crippen molar-refractivity contribution in [3.05, 3.63) is 48.2 Å². The average molecular weight is 434 g/mol. The Kier molecular flexibility index (Phi) is 7.41. The molecule has 1 aromatic heterocycles. The summed E-state index contributed by atoms with van der Waals surface area (Å²) in [5, 5.41) is 2.72. The van der Waals surface area contributed by atoms with Crippen LogP contribution in [0.4, 0.5) is 5.82 Å². The fourth-order valence-corrected chi connectivity index (χ4v) is 4.41. The van der Waals surface area contributed by atoms with Crippen molar-refractivity contribution < 1.29 is 22.8 Å². The van der Waals surface area contributed by atoms with Crippen LogP contribution in [-0.4, -0.2) is 44.5 Å². The van der Waals surface area contributed by atoms with Crippen molar-refractivity contribution in [2.75, 3.05) is 26.1 Å². The Morgan fingerprint density at radius 2 is 1.97 bits per heavy atom. The Labute approximate surface area is 177 Å². The Bertz CT molecular complexity index is 974. The van der Waals surface area contributed by atoms with Crippen LogP contribution in [0.1, 0.15) is 42.5 Å². The molecule has 1 heterocycles. The van der Waals surface area contributed by atoms with Crippen molar-refractivity contribution in [2.45, 2.75) is 37.0 Å². The Morgan fingerprint density at radius 3 is 2.70 bits per heavy atom. The van der Waals surface area contributed by atoms with Gasteiger partial charge in [0, 0.05) is 18.8 Å². The number of nitrogens with zero attached hydrogens (tertiary/aromatic N) is 2. The summed E-state index contributed by atoms with van der Waals surface area (Å²) in [7, 11) is -1.32. The van der Waals surface area contributed by atoms with Gasteiger partial charge in [0.2, 0.25) is 0 Å². The van der Waals surface area contributed by atoms with Crippen molar-refractivity contribution >= 4 is 21.7 Å². The zero-order valence-corrected chi connectivity index (χ0v) is 18.0. The van der Waals surface area contributed by atoms with Gasteiger partial charge < -0.3 is 10.1 Å². The van der Waals surface area contributed by atoms with Gasteiger partial charge in [0.1, 0.15) is 0 Å². The molecule has 0 radical (unpaired) electrons. The Hall–Kier alpha value is -2.49. The van der Waals surface area contributed by atoms with Crippen molar-refractivity contribution in [1.29, 1.82) is 0 Å². The fourth-order valence-electron chi connectivity index (χ4n) is 3.39. The second kappa shape index (κ2) is 10.0. The third-order valence-corrected chi connectivity index (χ3v) is 6.87. The molecule has 0 unspecified atom stereocenters. The number of hydrogen-bond donors (Lipinski definition) is 1. The van der Waals surface area contributed by atoms with E-state index in [1.165, 1.54) is 57.7 Å². The molecule has 9 heteroatoms. The highest BCUT2D eigenvalue weighted by molar-refractivity contribution is 7.89. The maximum absolute atomic E-state index is 12.7. The Balaban J connectivity index is 1.73. The molecule has 0 atom stereocenters. The smallest absolute Gasteiger partial charge is 0.264 e. The van der Waals surface area contributed by atoms with Crippen LogP contribution in [0, 0.1) is 5.92 Å². The van der Waals surface area contributed by atoms with E-state index < -0.39 is 15.9 Å². The number of nitrogens with one attached hydrogen (secondary N) is 1. The molecule has 3 rings (SSSR count). The zero-order valence-electron chi connectivity index (χ0n) is 17.2. The summed E-state index contributed by atoms with van der Waals surface area (Å²) in [5.74, 6) is 0.843. The largest absolute Gasteiger partial charge is 0.489 e. The molecule has 1 fully saturated rings. The topological polar surface area (TPSA) is 97.8 Å². The van der Waals surface area contributed by atoms with Crippen molar-refractivity contribution in [1.82, 2.24) is 9.45 Å². The summed E-state index contributed by atoms with van der Waals surface area (Å²) >= 11 is 0. The molecular formula is C21H27N3O5S. The molecule has 8 nitrogen and oxygen atoms in total. The SMILES string of the molecule is CON(C)S(=O)(=O)c1cccc(C(=O)Nc2ncccc2OCC2CCCCC2)c1. The zero-order chi connectivity index (χ0) is 21.6. The van der Waals surface area contributed by atoms with Crippen LogP contribution in [0.2, 0.25) is 0 Å². The molecule has 0 spiro atoms. The van der Waals surface area contributed by atoms with Crippen LogP contribution < -0.4 is 10.1 Å². The molecule has 0 bridgehead atoms. The lowest BCUT2D eigenvalue weighted by Gasteiger charge is -2.22. The third-order valence-electron chi connectivity index (χ3n) is 5.19. The lowest BCUT2D eigenvalue weighted by Crippen LogP contribution is -2.26. The number of carbonyl (C=O) groups excluding carboxylic acids is 1. The van der Waals surface area contributed by atoms with Gasteiger partial charge in [-0.15, -0.1) is 0 Å². The van der Waals surface area contributed by atoms with Gasteiger partial charge in [-0.3, -0.25) is 9.63 Å². The van der Waals surface area contributed by atoms with E-state index >= 15 is 0 Å². The summed E-state index contributed by atoms with van der Waals surface area (Å²) < 4.78 is 31.5. The van der Waals surface area contributed by atoms with Gasteiger partial charge in [0.25, 0.3) is 15.9 Å². The number of anilines is 1. The lowest BCUT2D eigenvalue weighted by molar-refractivity contribution is -0.0258.